The second-order valence-corrected chi connectivity index (χ2v) is 5.49. The molecule has 1 nitrogen and oxygen atoms in total. The van der Waals surface area contributed by atoms with Crippen molar-refractivity contribution in [3.63, 3.8) is 0 Å². The van der Waals surface area contributed by atoms with Crippen LogP contribution in [0.2, 0.25) is 0 Å². The molecule has 0 N–H and O–H groups in total. The zero-order valence-electron chi connectivity index (χ0n) is 8.31. The first-order chi connectivity index (χ1) is 6.92. The van der Waals surface area contributed by atoms with Gasteiger partial charge < -0.3 is 0 Å². The Hall–Kier alpha value is -0.540. The Bertz CT molecular complexity index is 306. The number of hydrogen-bond donors (Lipinski definition) is 0. The van der Waals surface area contributed by atoms with Gasteiger partial charge in [0.1, 0.15) is 5.41 Å². The van der Waals surface area contributed by atoms with Gasteiger partial charge in [-0.15, -0.1) is 0 Å². The van der Waals surface area contributed by atoms with E-state index in [0.717, 1.165) is 6.42 Å². The van der Waals surface area contributed by atoms with Gasteiger partial charge in [-0.2, -0.15) is 13.2 Å². The fraction of sp³-hybridized carbons (Fsp3) is 0.909. The van der Waals surface area contributed by atoms with E-state index in [1.54, 1.807) is 0 Å². The van der Waals surface area contributed by atoms with Crippen LogP contribution in [-0.2, 0) is 4.79 Å². The zero-order valence-corrected chi connectivity index (χ0v) is 8.31. The largest absolute Gasteiger partial charge is 0.401 e. The molecular weight excluding hydrogens is 205 g/mol. The molecule has 0 saturated heterocycles. The van der Waals surface area contributed by atoms with Gasteiger partial charge in [0.2, 0.25) is 0 Å². The maximum atomic E-state index is 13.0. The van der Waals surface area contributed by atoms with Gasteiger partial charge in [0.05, 0.1) is 0 Å². The average Bonchev–Trinajstić information content (AvgIpc) is 2.10. The van der Waals surface area contributed by atoms with Crippen molar-refractivity contribution in [2.24, 2.45) is 23.2 Å². The molecule has 0 amide bonds. The molecule has 15 heavy (non-hydrogen) atoms. The van der Waals surface area contributed by atoms with E-state index in [-0.39, 0.29) is 30.6 Å². The highest BCUT2D eigenvalue weighted by molar-refractivity contribution is 5.89. The molecule has 0 heterocycles. The summed E-state index contributed by atoms with van der Waals surface area (Å²) in [6.07, 6.45) is -1.83. The van der Waals surface area contributed by atoms with E-state index in [0.29, 0.717) is 12.8 Å². The lowest BCUT2D eigenvalue weighted by Gasteiger charge is -2.55. The lowest BCUT2D eigenvalue weighted by atomic mass is 9.48. The van der Waals surface area contributed by atoms with Crippen LogP contribution in [0.3, 0.4) is 0 Å². The fourth-order valence-corrected chi connectivity index (χ4v) is 4.14. The Morgan fingerprint density at radius 3 is 2.07 bits per heavy atom. The molecule has 4 bridgehead atoms. The summed E-state index contributed by atoms with van der Waals surface area (Å²) in [5.41, 5.74) is -1.94. The highest BCUT2D eigenvalue weighted by Crippen LogP contribution is 2.63. The van der Waals surface area contributed by atoms with Crippen molar-refractivity contribution < 1.29 is 18.0 Å². The van der Waals surface area contributed by atoms with Crippen LogP contribution < -0.4 is 0 Å². The molecule has 0 radical (unpaired) electrons. The molecule has 0 spiro atoms. The van der Waals surface area contributed by atoms with Crippen molar-refractivity contribution in [2.75, 3.05) is 0 Å². The number of carbonyl (C=O) groups excluding carboxylic acids is 1. The molecule has 0 aromatic heterocycles. The number of carbonyl (C=O) groups is 1. The number of Topliss-reactive ketones (excluding diaryl/α,β-unsaturated/α-hetero) is 1. The average molecular weight is 218 g/mol. The van der Waals surface area contributed by atoms with Crippen molar-refractivity contribution in [2.45, 2.75) is 38.3 Å². The van der Waals surface area contributed by atoms with Gasteiger partial charge in [-0.05, 0) is 43.9 Å². The standard InChI is InChI=1S/C11H13F3O/c12-11(13,14)10-4-6-1-7(5-10)3-8(2-6)9(10)15/h6-8H,1-5H2. The van der Waals surface area contributed by atoms with E-state index >= 15 is 0 Å². The molecule has 84 valence electrons. The van der Waals surface area contributed by atoms with Crippen molar-refractivity contribution in [1.29, 1.82) is 0 Å². The summed E-state index contributed by atoms with van der Waals surface area (Å²) in [5.74, 6) is -0.469. The second kappa shape index (κ2) is 2.58. The minimum absolute atomic E-state index is 0.0718. The molecule has 4 aliphatic carbocycles. The number of ketones is 1. The third-order valence-corrected chi connectivity index (χ3v) is 4.56. The third-order valence-electron chi connectivity index (χ3n) is 4.56. The molecule has 0 aliphatic heterocycles. The summed E-state index contributed by atoms with van der Waals surface area (Å²) in [6.45, 7) is 0. The summed E-state index contributed by atoms with van der Waals surface area (Å²) in [4.78, 5) is 11.8. The summed E-state index contributed by atoms with van der Waals surface area (Å²) >= 11 is 0. The second-order valence-electron chi connectivity index (χ2n) is 5.49. The van der Waals surface area contributed by atoms with E-state index in [9.17, 15) is 18.0 Å². The van der Waals surface area contributed by atoms with Gasteiger partial charge in [-0.1, -0.05) is 0 Å². The minimum atomic E-state index is -4.32. The number of alkyl halides is 3. The minimum Gasteiger partial charge on any atom is -0.298 e. The van der Waals surface area contributed by atoms with Crippen molar-refractivity contribution >= 4 is 5.78 Å². The highest BCUT2D eigenvalue weighted by atomic mass is 19.4. The molecule has 0 aromatic rings. The molecule has 2 atom stereocenters. The van der Waals surface area contributed by atoms with Gasteiger partial charge in [0.25, 0.3) is 0 Å². The van der Waals surface area contributed by atoms with E-state index in [1.807, 2.05) is 0 Å². The van der Waals surface area contributed by atoms with Crippen LogP contribution in [0.15, 0.2) is 0 Å². The Balaban J connectivity index is 2.05. The first-order valence-corrected chi connectivity index (χ1v) is 5.53. The summed E-state index contributed by atoms with van der Waals surface area (Å²) in [6, 6.07) is 0. The van der Waals surface area contributed by atoms with Crippen LogP contribution in [0.4, 0.5) is 13.2 Å². The monoisotopic (exact) mass is 218 g/mol. The SMILES string of the molecule is O=C1C2CC3CC(C2)CC1(C(F)(F)F)C3. The van der Waals surface area contributed by atoms with Crippen LogP contribution in [-0.4, -0.2) is 12.0 Å². The van der Waals surface area contributed by atoms with Crippen LogP contribution in [0.1, 0.15) is 32.1 Å². The molecule has 4 fully saturated rings. The smallest absolute Gasteiger partial charge is 0.298 e. The molecule has 0 aromatic carbocycles. The molecule has 4 rings (SSSR count). The molecule has 4 aliphatic rings. The normalized spacial score (nSPS) is 48.7. The summed E-state index contributed by atoms with van der Waals surface area (Å²) < 4.78 is 39.1. The maximum Gasteiger partial charge on any atom is 0.401 e. The highest BCUT2D eigenvalue weighted by Gasteiger charge is 2.68. The predicted molar refractivity (Wildman–Crippen MR) is 47.1 cm³/mol. The van der Waals surface area contributed by atoms with Crippen LogP contribution in [0.5, 0.6) is 0 Å². The first-order valence-electron chi connectivity index (χ1n) is 5.53. The molecule has 2 unspecified atom stereocenters. The maximum absolute atomic E-state index is 13.0. The third kappa shape index (κ3) is 1.08. The van der Waals surface area contributed by atoms with E-state index in [2.05, 4.69) is 0 Å². The van der Waals surface area contributed by atoms with Crippen LogP contribution in [0, 0.1) is 23.2 Å². The van der Waals surface area contributed by atoms with Crippen LogP contribution in [0.25, 0.3) is 0 Å². The van der Waals surface area contributed by atoms with Gasteiger partial charge >= 0.3 is 6.18 Å². The zero-order chi connectivity index (χ0) is 10.8. The van der Waals surface area contributed by atoms with Crippen molar-refractivity contribution in [3.8, 4) is 0 Å². The van der Waals surface area contributed by atoms with Crippen molar-refractivity contribution in [1.82, 2.24) is 0 Å². The van der Waals surface area contributed by atoms with Crippen LogP contribution >= 0.6 is 0 Å². The molecule has 4 heteroatoms. The molecule has 4 saturated carbocycles. The summed E-state index contributed by atoms with van der Waals surface area (Å²) in [7, 11) is 0. The lowest BCUT2D eigenvalue weighted by molar-refractivity contribution is -0.254. The predicted octanol–water partition coefficient (Wildman–Crippen LogP) is 2.94. The van der Waals surface area contributed by atoms with E-state index in [4.69, 9.17) is 0 Å². The first kappa shape index (κ1) is 9.67. The van der Waals surface area contributed by atoms with Gasteiger partial charge in [-0.25, -0.2) is 0 Å². The fourth-order valence-electron chi connectivity index (χ4n) is 4.14. The Morgan fingerprint density at radius 2 is 1.60 bits per heavy atom. The number of hydrogen-bond acceptors (Lipinski definition) is 1. The van der Waals surface area contributed by atoms with E-state index in [1.165, 1.54) is 0 Å². The van der Waals surface area contributed by atoms with Gasteiger partial charge in [0.15, 0.2) is 5.78 Å². The van der Waals surface area contributed by atoms with Gasteiger partial charge in [-0.3, -0.25) is 4.79 Å². The van der Waals surface area contributed by atoms with E-state index < -0.39 is 17.4 Å². The Morgan fingerprint density at radius 1 is 1.07 bits per heavy atom. The quantitative estimate of drug-likeness (QED) is 0.611. The van der Waals surface area contributed by atoms with Gasteiger partial charge in [0, 0.05) is 5.92 Å². The Labute approximate surface area is 86.0 Å². The summed E-state index contributed by atoms with van der Waals surface area (Å²) in [5, 5.41) is 0. The number of rotatable bonds is 0. The Kier molecular flexibility index (Phi) is 1.66. The lowest BCUT2D eigenvalue weighted by Crippen LogP contribution is -2.59. The topological polar surface area (TPSA) is 17.1 Å². The number of halogens is 3. The molecular formula is C11H13F3O. The van der Waals surface area contributed by atoms with Crippen molar-refractivity contribution in [3.05, 3.63) is 0 Å².